The number of hydrogen-bond acceptors (Lipinski definition) is 5. The van der Waals surface area contributed by atoms with Crippen molar-refractivity contribution in [3.8, 4) is 0 Å². The smallest absolute Gasteiger partial charge is 0.306 e. The number of anilines is 1. The number of aryl methyl sites for hydroxylation is 2. The van der Waals surface area contributed by atoms with Crippen LogP contribution >= 0.6 is 11.3 Å². The zero-order valence-electron chi connectivity index (χ0n) is 15.2. The maximum absolute atomic E-state index is 12.1. The Labute approximate surface area is 157 Å². The molecule has 2 bridgehead atoms. The summed E-state index contributed by atoms with van der Waals surface area (Å²) in [4.78, 5) is 28.6. The maximum Gasteiger partial charge on any atom is 0.306 e. The van der Waals surface area contributed by atoms with Gasteiger partial charge in [0.2, 0.25) is 0 Å². The molecular weight excluding hydrogens is 348 g/mol. The number of esters is 1. The van der Waals surface area contributed by atoms with Gasteiger partial charge in [-0.05, 0) is 68.1 Å². The van der Waals surface area contributed by atoms with Gasteiger partial charge in [0, 0.05) is 6.42 Å². The van der Waals surface area contributed by atoms with E-state index in [9.17, 15) is 9.59 Å². The normalized spacial score (nSPS) is 24.2. The lowest BCUT2D eigenvalue weighted by Gasteiger charge is -2.20. The predicted octanol–water partition coefficient (Wildman–Crippen LogP) is 4.22. The van der Waals surface area contributed by atoms with Crippen LogP contribution in [-0.4, -0.2) is 23.5 Å². The number of carbonyl (C=O) groups excluding carboxylic acids is 2. The number of benzene rings is 1. The average molecular weight is 372 g/mol. The van der Waals surface area contributed by atoms with Crippen LogP contribution in [0.2, 0.25) is 0 Å². The van der Waals surface area contributed by atoms with Crippen LogP contribution < -0.4 is 5.32 Å². The van der Waals surface area contributed by atoms with Crippen molar-refractivity contribution in [3.63, 3.8) is 0 Å². The number of fused-ring (bicyclic) bond motifs is 3. The molecule has 1 amide bonds. The number of nitrogens with zero attached hydrogens (tertiary/aromatic N) is 1. The molecule has 138 valence electrons. The van der Waals surface area contributed by atoms with Gasteiger partial charge in [-0.1, -0.05) is 23.8 Å². The van der Waals surface area contributed by atoms with E-state index < -0.39 is 0 Å². The Kier molecular flexibility index (Phi) is 4.69. The molecule has 3 atom stereocenters. The molecule has 2 saturated carbocycles. The molecule has 0 aliphatic heterocycles. The quantitative estimate of drug-likeness (QED) is 0.798. The first-order chi connectivity index (χ1) is 12.5. The molecule has 5 nitrogen and oxygen atoms in total. The van der Waals surface area contributed by atoms with Gasteiger partial charge in [-0.2, -0.15) is 0 Å². The van der Waals surface area contributed by atoms with Gasteiger partial charge in [0.15, 0.2) is 11.7 Å². The summed E-state index contributed by atoms with van der Waals surface area (Å²) in [6.07, 6.45) is 5.44. The molecule has 26 heavy (non-hydrogen) atoms. The van der Waals surface area contributed by atoms with Crippen molar-refractivity contribution in [2.24, 2.45) is 17.8 Å². The number of thiazole rings is 1. The van der Waals surface area contributed by atoms with E-state index in [2.05, 4.69) is 22.4 Å². The van der Waals surface area contributed by atoms with E-state index in [1.54, 1.807) is 0 Å². The van der Waals surface area contributed by atoms with Gasteiger partial charge in [0.1, 0.15) is 0 Å². The first-order valence-electron chi connectivity index (χ1n) is 9.31. The lowest BCUT2D eigenvalue weighted by atomic mass is 9.86. The average Bonchev–Trinajstić information content (AvgIpc) is 3.28. The predicted molar refractivity (Wildman–Crippen MR) is 102 cm³/mol. The molecule has 4 rings (SSSR count). The van der Waals surface area contributed by atoms with Gasteiger partial charge in [-0.15, -0.1) is 0 Å². The number of nitrogens with one attached hydrogen (secondary N) is 1. The zero-order chi connectivity index (χ0) is 18.3. The van der Waals surface area contributed by atoms with Crippen LogP contribution in [0, 0.1) is 31.6 Å². The number of rotatable bonds is 5. The molecule has 0 unspecified atom stereocenters. The molecule has 1 N–H and O–H groups in total. The number of ether oxygens (including phenoxy) is 1. The summed E-state index contributed by atoms with van der Waals surface area (Å²) in [7, 11) is 0. The summed E-state index contributed by atoms with van der Waals surface area (Å²) in [5.41, 5.74) is 3.17. The summed E-state index contributed by atoms with van der Waals surface area (Å²) < 4.78 is 6.24. The Hall–Kier alpha value is -1.95. The number of carbonyl (C=O) groups is 2. The molecule has 2 aliphatic rings. The van der Waals surface area contributed by atoms with Crippen LogP contribution in [0.15, 0.2) is 12.1 Å². The summed E-state index contributed by atoms with van der Waals surface area (Å²) in [6.45, 7) is 3.81. The Morgan fingerprint density at radius 1 is 1.27 bits per heavy atom. The second kappa shape index (κ2) is 6.99. The first-order valence-corrected chi connectivity index (χ1v) is 10.1. The summed E-state index contributed by atoms with van der Waals surface area (Å²) in [6, 6.07) is 4.14. The molecule has 0 saturated heterocycles. The Morgan fingerprint density at radius 3 is 2.85 bits per heavy atom. The SMILES string of the molecule is Cc1cc(C)c2nc(NC(=O)COC(=O)C[C@H]3C[C@@H]4CC[C@@H]3C4)sc2c1. The van der Waals surface area contributed by atoms with Crippen LogP contribution in [0.5, 0.6) is 0 Å². The third kappa shape index (κ3) is 3.61. The second-order valence-corrected chi connectivity index (χ2v) is 8.83. The van der Waals surface area contributed by atoms with Crippen molar-refractivity contribution < 1.29 is 14.3 Å². The third-order valence-electron chi connectivity index (χ3n) is 5.75. The molecule has 0 spiro atoms. The van der Waals surface area contributed by atoms with E-state index in [0.717, 1.165) is 28.1 Å². The summed E-state index contributed by atoms with van der Waals surface area (Å²) >= 11 is 1.44. The largest absolute Gasteiger partial charge is 0.456 e. The van der Waals surface area contributed by atoms with Gasteiger partial charge in [0.05, 0.1) is 10.2 Å². The Balaban J connectivity index is 1.28. The Bertz CT molecular complexity index is 860. The van der Waals surface area contributed by atoms with Crippen molar-refractivity contribution in [2.45, 2.75) is 46.0 Å². The fourth-order valence-electron chi connectivity index (χ4n) is 4.62. The van der Waals surface area contributed by atoms with E-state index in [1.165, 1.54) is 36.2 Å². The van der Waals surface area contributed by atoms with Gasteiger partial charge in [-0.25, -0.2) is 4.98 Å². The van der Waals surface area contributed by atoms with Gasteiger partial charge < -0.3 is 4.74 Å². The number of hydrogen-bond donors (Lipinski definition) is 1. The molecule has 2 aliphatic carbocycles. The van der Waals surface area contributed by atoms with Gasteiger partial charge in [0.25, 0.3) is 5.91 Å². The minimum absolute atomic E-state index is 0.242. The van der Waals surface area contributed by atoms with Gasteiger partial charge in [-0.3, -0.25) is 14.9 Å². The molecule has 0 radical (unpaired) electrons. The highest BCUT2D eigenvalue weighted by Crippen LogP contribution is 2.49. The van der Waals surface area contributed by atoms with Gasteiger partial charge >= 0.3 is 5.97 Å². The standard InChI is InChI=1S/C20H24N2O3S/c1-11-5-12(2)19-16(6-11)26-20(22-19)21-17(23)10-25-18(24)9-15-8-13-3-4-14(15)7-13/h5-6,13-15H,3-4,7-10H2,1-2H3,(H,21,22,23)/t13-,14-,15-/m1/s1. The third-order valence-corrected chi connectivity index (χ3v) is 6.67. The van der Waals surface area contributed by atoms with Crippen LogP contribution in [0.25, 0.3) is 10.2 Å². The minimum atomic E-state index is -0.334. The fraction of sp³-hybridized carbons (Fsp3) is 0.550. The van der Waals surface area contributed by atoms with E-state index in [0.29, 0.717) is 23.4 Å². The zero-order valence-corrected chi connectivity index (χ0v) is 16.0. The van der Waals surface area contributed by atoms with Crippen LogP contribution in [0.3, 0.4) is 0 Å². The lowest BCUT2D eigenvalue weighted by Crippen LogP contribution is -2.23. The molecule has 6 heteroatoms. The summed E-state index contributed by atoms with van der Waals surface area (Å²) in [5, 5.41) is 3.29. The minimum Gasteiger partial charge on any atom is -0.456 e. The van der Waals surface area contributed by atoms with Crippen LogP contribution in [0.4, 0.5) is 5.13 Å². The monoisotopic (exact) mass is 372 g/mol. The van der Waals surface area contributed by atoms with Crippen LogP contribution in [-0.2, 0) is 14.3 Å². The van der Waals surface area contributed by atoms with Crippen molar-refractivity contribution in [2.75, 3.05) is 11.9 Å². The molecule has 2 aromatic rings. The number of amides is 1. The van der Waals surface area contributed by atoms with Crippen molar-refractivity contribution in [1.82, 2.24) is 4.98 Å². The van der Waals surface area contributed by atoms with E-state index >= 15 is 0 Å². The van der Waals surface area contributed by atoms with Crippen molar-refractivity contribution >= 4 is 38.6 Å². The summed E-state index contributed by atoms with van der Waals surface area (Å²) in [5.74, 6) is 1.37. The van der Waals surface area contributed by atoms with Crippen molar-refractivity contribution in [1.29, 1.82) is 0 Å². The first kappa shape index (κ1) is 17.5. The lowest BCUT2D eigenvalue weighted by molar-refractivity contribution is -0.148. The Morgan fingerprint density at radius 2 is 2.12 bits per heavy atom. The number of aromatic nitrogens is 1. The highest BCUT2D eigenvalue weighted by atomic mass is 32.1. The molecule has 1 aromatic carbocycles. The fourth-order valence-corrected chi connectivity index (χ4v) is 5.68. The molecule has 2 fully saturated rings. The molecule has 1 aromatic heterocycles. The van der Waals surface area contributed by atoms with E-state index in [-0.39, 0.29) is 18.5 Å². The highest BCUT2D eigenvalue weighted by Gasteiger charge is 2.40. The molecular formula is C20H24N2O3S. The highest BCUT2D eigenvalue weighted by molar-refractivity contribution is 7.22. The second-order valence-electron chi connectivity index (χ2n) is 7.80. The van der Waals surface area contributed by atoms with E-state index in [4.69, 9.17) is 4.74 Å². The topological polar surface area (TPSA) is 68.3 Å². The maximum atomic E-state index is 12.1. The molecule has 1 heterocycles. The van der Waals surface area contributed by atoms with Crippen LogP contribution in [0.1, 0.15) is 43.2 Å². The van der Waals surface area contributed by atoms with E-state index in [1.807, 2.05) is 13.8 Å². The van der Waals surface area contributed by atoms with Crippen molar-refractivity contribution in [3.05, 3.63) is 23.3 Å².